The third kappa shape index (κ3) is 3.54. The minimum absolute atomic E-state index is 0.179. The van der Waals surface area contributed by atoms with Crippen molar-refractivity contribution in [2.75, 3.05) is 26.2 Å². The normalized spacial score (nSPS) is 23.3. The third-order valence-corrected chi connectivity index (χ3v) is 5.71. The van der Waals surface area contributed by atoms with Gasteiger partial charge in [-0.05, 0) is 32.6 Å². The van der Waals surface area contributed by atoms with E-state index >= 15 is 0 Å². The van der Waals surface area contributed by atoms with Gasteiger partial charge in [0.2, 0.25) is 5.91 Å². The molecule has 0 unspecified atom stereocenters. The molecule has 2 aliphatic heterocycles. The van der Waals surface area contributed by atoms with E-state index in [2.05, 4.69) is 5.32 Å². The highest BCUT2D eigenvalue weighted by molar-refractivity contribution is 6.09. The minimum Gasteiger partial charge on any atom is -0.466 e. The van der Waals surface area contributed by atoms with Crippen LogP contribution < -0.4 is 5.32 Å². The van der Waals surface area contributed by atoms with Crippen LogP contribution >= 0.6 is 0 Å². The maximum Gasteiger partial charge on any atom is 0.325 e. The van der Waals surface area contributed by atoms with E-state index in [-0.39, 0.29) is 30.2 Å². The number of urea groups is 1. The van der Waals surface area contributed by atoms with Crippen molar-refractivity contribution in [3.05, 3.63) is 0 Å². The van der Waals surface area contributed by atoms with Crippen LogP contribution in [0.15, 0.2) is 0 Å². The Labute approximate surface area is 153 Å². The van der Waals surface area contributed by atoms with E-state index < -0.39 is 11.6 Å². The summed E-state index contributed by atoms with van der Waals surface area (Å²) in [5.41, 5.74) is -0.799. The number of hydrogen-bond acceptors (Lipinski definition) is 5. The van der Waals surface area contributed by atoms with Gasteiger partial charge in [-0.3, -0.25) is 19.3 Å². The number of piperidine rings is 1. The summed E-state index contributed by atoms with van der Waals surface area (Å²) < 4.78 is 5.03. The molecule has 0 aromatic heterocycles. The topological polar surface area (TPSA) is 96.0 Å². The molecule has 3 rings (SSSR count). The zero-order valence-electron chi connectivity index (χ0n) is 15.3. The Morgan fingerprint density at radius 1 is 1.15 bits per heavy atom. The lowest BCUT2D eigenvalue weighted by Crippen LogP contribution is -2.49. The number of hydrogen-bond donors (Lipinski definition) is 1. The Morgan fingerprint density at radius 3 is 2.42 bits per heavy atom. The largest absolute Gasteiger partial charge is 0.466 e. The number of amides is 4. The summed E-state index contributed by atoms with van der Waals surface area (Å²) in [5, 5.41) is 2.82. The van der Waals surface area contributed by atoms with Gasteiger partial charge in [0.15, 0.2) is 0 Å². The summed E-state index contributed by atoms with van der Waals surface area (Å²) >= 11 is 0. The van der Waals surface area contributed by atoms with Crippen LogP contribution in [0.2, 0.25) is 0 Å². The smallest absolute Gasteiger partial charge is 0.325 e. The second-order valence-electron chi connectivity index (χ2n) is 7.37. The molecule has 3 fully saturated rings. The van der Waals surface area contributed by atoms with E-state index in [9.17, 15) is 19.2 Å². The van der Waals surface area contributed by atoms with Crippen LogP contribution in [0.25, 0.3) is 0 Å². The van der Waals surface area contributed by atoms with Gasteiger partial charge in [-0.1, -0.05) is 19.3 Å². The molecular formula is C18H27N3O5. The van der Waals surface area contributed by atoms with Crippen molar-refractivity contribution in [1.29, 1.82) is 0 Å². The maximum atomic E-state index is 12.7. The Kier molecular flexibility index (Phi) is 5.48. The van der Waals surface area contributed by atoms with Crippen LogP contribution in [-0.2, 0) is 19.1 Å². The molecule has 8 nitrogen and oxygen atoms in total. The zero-order chi connectivity index (χ0) is 18.7. The first-order chi connectivity index (χ1) is 12.5. The molecular weight excluding hydrogens is 338 g/mol. The van der Waals surface area contributed by atoms with Crippen LogP contribution in [0.1, 0.15) is 51.9 Å². The number of nitrogens with one attached hydrogen (secondary N) is 1. The summed E-state index contributed by atoms with van der Waals surface area (Å²) in [5.74, 6) is -0.908. The van der Waals surface area contributed by atoms with E-state index in [0.29, 0.717) is 45.4 Å². The highest BCUT2D eigenvalue weighted by Crippen LogP contribution is 2.33. The molecule has 3 aliphatic rings. The number of carbonyl (C=O) groups excluding carboxylic acids is 4. The number of likely N-dealkylation sites (tertiary alicyclic amines) is 1. The molecule has 1 saturated carbocycles. The minimum atomic E-state index is -0.799. The standard InChI is InChI=1S/C18H27N3O5/c1-2-26-15(23)13-6-10-20(11-7-13)14(22)12-21-16(24)18(19-17(21)25)8-4-3-5-9-18/h13H,2-12H2,1H3,(H,19,25). The summed E-state index contributed by atoms with van der Waals surface area (Å²) in [6.45, 7) is 2.78. The molecule has 1 N–H and O–H groups in total. The van der Waals surface area contributed by atoms with Gasteiger partial charge in [0, 0.05) is 13.1 Å². The average Bonchev–Trinajstić information content (AvgIpc) is 2.86. The molecule has 0 aromatic carbocycles. The fraction of sp³-hybridized carbons (Fsp3) is 0.778. The average molecular weight is 365 g/mol. The maximum absolute atomic E-state index is 12.7. The number of carbonyl (C=O) groups is 4. The summed E-state index contributed by atoms with van der Waals surface area (Å²) in [4.78, 5) is 52.0. The number of rotatable bonds is 4. The highest BCUT2D eigenvalue weighted by atomic mass is 16.5. The van der Waals surface area contributed by atoms with E-state index in [4.69, 9.17) is 4.74 Å². The fourth-order valence-electron chi connectivity index (χ4n) is 4.17. The van der Waals surface area contributed by atoms with Gasteiger partial charge in [-0.15, -0.1) is 0 Å². The summed E-state index contributed by atoms with van der Waals surface area (Å²) in [7, 11) is 0. The molecule has 2 saturated heterocycles. The number of esters is 1. The second kappa shape index (κ2) is 7.63. The van der Waals surface area contributed by atoms with Crippen molar-refractivity contribution in [1.82, 2.24) is 15.1 Å². The first kappa shape index (κ1) is 18.7. The van der Waals surface area contributed by atoms with Gasteiger partial charge >= 0.3 is 12.0 Å². The quantitative estimate of drug-likeness (QED) is 0.593. The number of imide groups is 1. The second-order valence-corrected chi connectivity index (χ2v) is 7.37. The summed E-state index contributed by atoms with van der Waals surface area (Å²) in [6, 6.07) is -0.466. The van der Waals surface area contributed by atoms with Crippen molar-refractivity contribution < 1.29 is 23.9 Å². The molecule has 4 amide bonds. The van der Waals surface area contributed by atoms with Gasteiger partial charge in [0.1, 0.15) is 12.1 Å². The molecule has 1 aliphatic carbocycles. The molecule has 0 bridgehead atoms. The first-order valence-electron chi connectivity index (χ1n) is 9.55. The highest BCUT2D eigenvalue weighted by Gasteiger charge is 2.51. The molecule has 144 valence electrons. The van der Waals surface area contributed by atoms with Crippen molar-refractivity contribution in [2.24, 2.45) is 5.92 Å². The molecule has 2 heterocycles. The molecule has 8 heteroatoms. The lowest BCUT2D eigenvalue weighted by molar-refractivity contribution is -0.151. The Hall–Kier alpha value is -2.12. The number of ether oxygens (including phenoxy) is 1. The van der Waals surface area contributed by atoms with Crippen LogP contribution in [0.3, 0.4) is 0 Å². The SMILES string of the molecule is CCOC(=O)C1CCN(C(=O)CN2C(=O)NC3(CCCCC3)C2=O)CC1. The van der Waals surface area contributed by atoms with Gasteiger partial charge in [-0.2, -0.15) is 0 Å². The van der Waals surface area contributed by atoms with E-state index in [1.54, 1.807) is 11.8 Å². The Bertz CT molecular complexity index is 592. The molecule has 0 radical (unpaired) electrons. The van der Waals surface area contributed by atoms with Crippen molar-refractivity contribution >= 4 is 23.8 Å². The van der Waals surface area contributed by atoms with Crippen LogP contribution in [0.5, 0.6) is 0 Å². The predicted octanol–water partition coefficient (Wildman–Crippen LogP) is 1.04. The lowest BCUT2D eigenvalue weighted by atomic mass is 9.82. The van der Waals surface area contributed by atoms with Gasteiger partial charge < -0.3 is 15.0 Å². The fourth-order valence-corrected chi connectivity index (χ4v) is 4.17. The van der Waals surface area contributed by atoms with Gasteiger partial charge in [0.05, 0.1) is 12.5 Å². The first-order valence-corrected chi connectivity index (χ1v) is 9.55. The van der Waals surface area contributed by atoms with E-state index in [1.165, 1.54) is 0 Å². The van der Waals surface area contributed by atoms with E-state index in [0.717, 1.165) is 24.2 Å². The van der Waals surface area contributed by atoms with Crippen LogP contribution in [-0.4, -0.2) is 65.4 Å². The van der Waals surface area contributed by atoms with Crippen molar-refractivity contribution in [3.8, 4) is 0 Å². The van der Waals surface area contributed by atoms with Crippen LogP contribution in [0, 0.1) is 5.92 Å². The Morgan fingerprint density at radius 2 is 1.81 bits per heavy atom. The molecule has 0 aromatic rings. The van der Waals surface area contributed by atoms with Gasteiger partial charge in [0.25, 0.3) is 5.91 Å². The zero-order valence-corrected chi connectivity index (χ0v) is 15.3. The van der Waals surface area contributed by atoms with E-state index in [1.807, 2.05) is 0 Å². The predicted molar refractivity (Wildman–Crippen MR) is 92.0 cm³/mol. The molecule has 0 atom stereocenters. The molecule has 26 heavy (non-hydrogen) atoms. The van der Waals surface area contributed by atoms with Crippen LogP contribution in [0.4, 0.5) is 4.79 Å². The van der Waals surface area contributed by atoms with Crippen molar-refractivity contribution in [2.45, 2.75) is 57.4 Å². The lowest BCUT2D eigenvalue weighted by Gasteiger charge is -2.32. The Balaban J connectivity index is 1.54. The van der Waals surface area contributed by atoms with Crippen molar-refractivity contribution in [3.63, 3.8) is 0 Å². The summed E-state index contributed by atoms with van der Waals surface area (Å²) in [6.07, 6.45) is 5.29. The molecule has 1 spiro atoms. The number of nitrogens with zero attached hydrogens (tertiary/aromatic N) is 2. The monoisotopic (exact) mass is 365 g/mol. The third-order valence-electron chi connectivity index (χ3n) is 5.71. The van der Waals surface area contributed by atoms with Gasteiger partial charge in [-0.25, -0.2) is 4.79 Å².